The number of nitrogens with two attached hydrogens (primary N) is 2. The molecule has 1 saturated heterocycles. The van der Waals surface area contributed by atoms with Crippen molar-refractivity contribution < 1.29 is 24.2 Å². The molecule has 2 atom stereocenters. The lowest BCUT2D eigenvalue weighted by Gasteiger charge is -2.47. The first-order chi connectivity index (χ1) is 11.8. The number of β-lactam (4-membered cyclic amide) rings is 1. The van der Waals surface area contributed by atoms with Gasteiger partial charge in [-0.05, 0) is 19.6 Å². The Kier molecular flexibility index (Phi) is 8.20. The smallest absolute Gasteiger partial charge is 0.404 e. The van der Waals surface area contributed by atoms with Crippen molar-refractivity contribution in [2.24, 2.45) is 11.5 Å². The minimum absolute atomic E-state index is 0.160. The van der Waals surface area contributed by atoms with Gasteiger partial charge in [0.2, 0.25) is 5.91 Å². The SMILES string of the molecule is CCN(CC)CC.NC(=O)OCC1=C(C(=O)O)N2C(=O)C(N)[C@H]2SC1. The predicted octanol–water partition coefficient (Wildman–Crippen LogP) is 0.0109. The van der Waals surface area contributed by atoms with Crippen molar-refractivity contribution in [3.05, 3.63) is 11.3 Å². The largest absolute Gasteiger partial charge is 0.477 e. The van der Waals surface area contributed by atoms with E-state index in [0.29, 0.717) is 11.3 Å². The predicted molar refractivity (Wildman–Crippen MR) is 94.7 cm³/mol. The van der Waals surface area contributed by atoms with E-state index in [0.717, 1.165) is 4.90 Å². The average molecular weight is 374 g/mol. The molecule has 0 aliphatic carbocycles. The molecule has 0 bridgehead atoms. The summed E-state index contributed by atoms with van der Waals surface area (Å²) in [5.41, 5.74) is 10.6. The molecular formula is C15H26N4O5S. The number of carboxylic acids is 1. The maximum absolute atomic E-state index is 11.6. The number of fused-ring (bicyclic) bond motifs is 1. The lowest BCUT2D eigenvalue weighted by molar-refractivity contribution is -0.148. The fraction of sp³-hybridized carbons (Fsp3) is 0.667. The number of rotatable bonds is 6. The van der Waals surface area contributed by atoms with Gasteiger partial charge < -0.3 is 26.2 Å². The summed E-state index contributed by atoms with van der Waals surface area (Å²) < 4.78 is 4.57. The van der Waals surface area contributed by atoms with E-state index in [4.69, 9.17) is 16.6 Å². The van der Waals surface area contributed by atoms with Gasteiger partial charge in [-0.3, -0.25) is 9.69 Å². The number of ether oxygens (including phenoxy) is 1. The normalized spacial score (nSPS) is 22.0. The Balaban J connectivity index is 0.000000381. The monoisotopic (exact) mass is 374 g/mol. The molecule has 10 heteroatoms. The average Bonchev–Trinajstić information content (AvgIpc) is 2.60. The summed E-state index contributed by atoms with van der Waals surface area (Å²) in [6.45, 7) is 9.88. The molecule has 25 heavy (non-hydrogen) atoms. The van der Waals surface area contributed by atoms with Crippen molar-refractivity contribution in [2.45, 2.75) is 32.2 Å². The molecule has 9 nitrogen and oxygen atoms in total. The Morgan fingerprint density at radius 2 is 1.88 bits per heavy atom. The molecule has 0 spiro atoms. The molecule has 0 aromatic rings. The second-order valence-corrected chi connectivity index (χ2v) is 6.53. The Morgan fingerprint density at radius 3 is 2.28 bits per heavy atom. The standard InChI is InChI=1S/C9H11N3O5S.C6H15N/c10-4-6(13)12-5(8(14)15)3(1-17-9(11)16)2-18-7(4)12;1-4-7(5-2)6-3/h4,7H,1-2,10H2,(H2,11,16)(H,14,15);4-6H2,1-3H3/t4?,7-;/m1./s1. The van der Waals surface area contributed by atoms with Crippen LogP contribution in [0.4, 0.5) is 4.79 Å². The van der Waals surface area contributed by atoms with Crippen LogP contribution in [-0.4, -0.2) is 76.3 Å². The van der Waals surface area contributed by atoms with Crippen LogP contribution in [0.5, 0.6) is 0 Å². The van der Waals surface area contributed by atoms with E-state index in [1.807, 2.05) is 0 Å². The van der Waals surface area contributed by atoms with Crippen molar-refractivity contribution in [3.63, 3.8) is 0 Å². The fourth-order valence-electron chi connectivity index (χ4n) is 2.52. The fourth-order valence-corrected chi connectivity index (χ4v) is 3.79. The number of thioether (sulfide) groups is 1. The number of hydrogen-bond acceptors (Lipinski definition) is 7. The topological polar surface area (TPSA) is 139 Å². The molecule has 2 aliphatic heterocycles. The molecule has 2 heterocycles. The van der Waals surface area contributed by atoms with Crippen LogP contribution in [0.2, 0.25) is 0 Å². The molecule has 2 rings (SSSR count). The van der Waals surface area contributed by atoms with E-state index < -0.39 is 24.0 Å². The van der Waals surface area contributed by atoms with Crippen LogP contribution >= 0.6 is 11.8 Å². The molecule has 2 aliphatic rings. The van der Waals surface area contributed by atoms with Gasteiger partial charge in [0.25, 0.3) is 0 Å². The molecule has 0 radical (unpaired) electrons. The van der Waals surface area contributed by atoms with Gasteiger partial charge in [0.15, 0.2) is 0 Å². The maximum Gasteiger partial charge on any atom is 0.404 e. The highest BCUT2D eigenvalue weighted by Gasteiger charge is 2.51. The van der Waals surface area contributed by atoms with Crippen LogP contribution < -0.4 is 11.5 Å². The van der Waals surface area contributed by atoms with E-state index in [1.165, 1.54) is 31.4 Å². The molecule has 1 fully saturated rings. The summed E-state index contributed by atoms with van der Waals surface area (Å²) in [5.74, 6) is -1.36. The first kappa shape index (κ1) is 21.3. The van der Waals surface area contributed by atoms with Crippen LogP contribution in [0.15, 0.2) is 11.3 Å². The van der Waals surface area contributed by atoms with Gasteiger partial charge in [0.1, 0.15) is 23.7 Å². The molecule has 5 N–H and O–H groups in total. The third-order valence-electron chi connectivity index (χ3n) is 4.02. The number of carboxylic acid groups (broad SMARTS) is 1. The second-order valence-electron chi connectivity index (χ2n) is 5.42. The number of nitrogens with zero attached hydrogens (tertiary/aromatic N) is 2. The molecule has 1 unspecified atom stereocenters. The van der Waals surface area contributed by atoms with Crippen LogP contribution in [0, 0.1) is 0 Å². The van der Waals surface area contributed by atoms with E-state index in [9.17, 15) is 14.4 Å². The van der Waals surface area contributed by atoms with Crippen molar-refractivity contribution in [3.8, 4) is 0 Å². The van der Waals surface area contributed by atoms with Gasteiger partial charge >= 0.3 is 12.1 Å². The van der Waals surface area contributed by atoms with Gasteiger partial charge in [-0.15, -0.1) is 11.8 Å². The van der Waals surface area contributed by atoms with Crippen LogP contribution in [-0.2, 0) is 14.3 Å². The summed E-state index contributed by atoms with van der Waals surface area (Å²) in [6, 6.07) is -0.678. The first-order valence-corrected chi connectivity index (χ1v) is 9.13. The summed E-state index contributed by atoms with van der Waals surface area (Å²) in [7, 11) is 0. The zero-order valence-corrected chi connectivity index (χ0v) is 15.5. The van der Waals surface area contributed by atoms with Crippen molar-refractivity contribution >= 4 is 29.7 Å². The summed E-state index contributed by atoms with van der Waals surface area (Å²) >= 11 is 1.33. The van der Waals surface area contributed by atoms with Crippen LogP contribution in [0.1, 0.15) is 20.8 Å². The van der Waals surface area contributed by atoms with E-state index in [1.54, 1.807) is 0 Å². The van der Waals surface area contributed by atoms with Crippen molar-refractivity contribution in [1.82, 2.24) is 9.80 Å². The van der Waals surface area contributed by atoms with E-state index >= 15 is 0 Å². The lowest BCUT2D eigenvalue weighted by Crippen LogP contribution is -2.68. The van der Waals surface area contributed by atoms with Crippen LogP contribution in [0.25, 0.3) is 0 Å². The molecule has 0 aromatic carbocycles. The highest BCUT2D eigenvalue weighted by Crippen LogP contribution is 2.39. The highest BCUT2D eigenvalue weighted by molar-refractivity contribution is 8.00. The Bertz CT molecular complexity index is 545. The molecule has 142 valence electrons. The van der Waals surface area contributed by atoms with E-state index in [-0.39, 0.29) is 17.7 Å². The third-order valence-corrected chi connectivity index (χ3v) is 5.38. The summed E-state index contributed by atoms with van der Waals surface area (Å²) in [5, 5.41) is 8.77. The number of hydrogen-bond donors (Lipinski definition) is 3. The Hall–Kier alpha value is -1.78. The van der Waals surface area contributed by atoms with Gasteiger partial charge in [0.05, 0.1) is 0 Å². The quantitative estimate of drug-likeness (QED) is 0.553. The zero-order chi connectivity index (χ0) is 19.1. The van der Waals surface area contributed by atoms with Gasteiger partial charge in [-0.1, -0.05) is 20.8 Å². The molecule has 0 aromatic heterocycles. The Morgan fingerprint density at radius 1 is 1.32 bits per heavy atom. The number of aliphatic carboxylic acids is 1. The summed E-state index contributed by atoms with van der Waals surface area (Å²) in [4.78, 5) is 36.7. The minimum Gasteiger partial charge on any atom is -0.477 e. The van der Waals surface area contributed by atoms with Crippen molar-refractivity contribution in [1.29, 1.82) is 0 Å². The maximum atomic E-state index is 11.6. The first-order valence-electron chi connectivity index (χ1n) is 8.08. The third kappa shape index (κ3) is 5.10. The van der Waals surface area contributed by atoms with E-state index in [2.05, 4.69) is 30.4 Å². The number of amides is 2. The molecule has 0 saturated carbocycles. The van der Waals surface area contributed by atoms with Crippen molar-refractivity contribution in [2.75, 3.05) is 32.0 Å². The second kappa shape index (κ2) is 9.64. The van der Waals surface area contributed by atoms with Crippen LogP contribution in [0.3, 0.4) is 0 Å². The molecule has 2 amide bonds. The summed E-state index contributed by atoms with van der Waals surface area (Å²) in [6.07, 6.45) is -0.994. The number of carbonyl (C=O) groups excluding carboxylic acids is 2. The lowest BCUT2D eigenvalue weighted by atomic mass is 10.0. The number of carbonyl (C=O) groups is 3. The Labute approximate surface area is 151 Å². The molecular weight excluding hydrogens is 348 g/mol. The zero-order valence-electron chi connectivity index (χ0n) is 14.7. The number of primary amides is 1. The minimum atomic E-state index is -1.25. The highest BCUT2D eigenvalue weighted by atomic mass is 32.2. The van der Waals surface area contributed by atoms with Gasteiger partial charge in [-0.2, -0.15) is 0 Å². The van der Waals surface area contributed by atoms with Gasteiger partial charge in [0, 0.05) is 11.3 Å². The van der Waals surface area contributed by atoms with Gasteiger partial charge in [-0.25, -0.2) is 9.59 Å².